The van der Waals surface area contributed by atoms with E-state index >= 15 is 0 Å². The van der Waals surface area contributed by atoms with Crippen LogP contribution in [0.3, 0.4) is 0 Å². The number of aromatic nitrogens is 1. The zero-order chi connectivity index (χ0) is 14.8. The first kappa shape index (κ1) is 13.6. The van der Waals surface area contributed by atoms with Crippen molar-refractivity contribution in [2.75, 3.05) is 0 Å². The van der Waals surface area contributed by atoms with Crippen LogP contribution >= 0.6 is 0 Å². The lowest BCUT2D eigenvalue weighted by Crippen LogP contribution is -1.95. The van der Waals surface area contributed by atoms with E-state index in [4.69, 9.17) is 4.74 Å². The van der Waals surface area contributed by atoms with Crippen LogP contribution in [0.2, 0.25) is 0 Å². The van der Waals surface area contributed by atoms with Crippen molar-refractivity contribution in [3.8, 4) is 11.5 Å². The van der Waals surface area contributed by atoms with Gasteiger partial charge in [-0.2, -0.15) is 0 Å². The van der Waals surface area contributed by atoms with E-state index in [1.807, 2.05) is 43.3 Å². The van der Waals surface area contributed by atoms with E-state index in [-0.39, 0.29) is 6.61 Å². The van der Waals surface area contributed by atoms with Crippen molar-refractivity contribution in [2.45, 2.75) is 20.5 Å². The molecular weight excluding hydrogens is 262 g/mol. The monoisotopic (exact) mass is 279 g/mol. The molecule has 0 atom stereocenters. The predicted molar refractivity (Wildman–Crippen MR) is 83.7 cm³/mol. The quantitative estimate of drug-likeness (QED) is 0.783. The smallest absolute Gasteiger partial charge is 0.138 e. The van der Waals surface area contributed by atoms with Gasteiger partial charge in [-0.05, 0) is 43.2 Å². The third kappa shape index (κ3) is 2.60. The number of benzene rings is 2. The lowest BCUT2D eigenvalue weighted by Gasteiger charge is -2.13. The lowest BCUT2D eigenvalue weighted by atomic mass is 10.1. The molecule has 1 N–H and O–H groups in total. The summed E-state index contributed by atoms with van der Waals surface area (Å²) < 4.78 is 6.09. The van der Waals surface area contributed by atoms with Gasteiger partial charge in [-0.3, -0.25) is 4.98 Å². The van der Waals surface area contributed by atoms with Crippen molar-refractivity contribution in [3.05, 3.63) is 65.4 Å². The maximum absolute atomic E-state index is 9.37. The number of rotatable bonds is 3. The van der Waals surface area contributed by atoms with Crippen LogP contribution in [0.25, 0.3) is 10.9 Å². The number of nitrogens with zero attached hydrogens (tertiary/aromatic N) is 1. The number of para-hydroxylation sites is 1. The van der Waals surface area contributed by atoms with Gasteiger partial charge in [0, 0.05) is 11.5 Å². The van der Waals surface area contributed by atoms with Crippen LogP contribution in [0.5, 0.6) is 11.5 Å². The molecule has 1 heterocycles. The van der Waals surface area contributed by atoms with Crippen LogP contribution in [0.4, 0.5) is 0 Å². The van der Waals surface area contributed by atoms with Crippen LogP contribution in [0, 0.1) is 13.8 Å². The molecule has 3 aromatic rings. The highest BCUT2D eigenvalue weighted by atomic mass is 16.5. The number of aliphatic hydroxyl groups excluding tert-OH is 1. The molecular formula is C18H17NO2. The largest absolute Gasteiger partial charge is 0.456 e. The highest BCUT2D eigenvalue weighted by molar-refractivity contribution is 5.85. The third-order valence-electron chi connectivity index (χ3n) is 3.67. The first-order valence-corrected chi connectivity index (χ1v) is 6.92. The number of pyridine rings is 1. The molecule has 3 rings (SSSR count). The summed E-state index contributed by atoms with van der Waals surface area (Å²) in [6, 6.07) is 15.6. The lowest BCUT2D eigenvalue weighted by molar-refractivity contribution is 0.276. The molecule has 0 saturated heterocycles. The van der Waals surface area contributed by atoms with Gasteiger partial charge in [-0.1, -0.05) is 24.3 Å². The van der Waals surface area contributed by atoms with Crippen LogP contribution in [-0.4, -0.2) is 10.1 Å². The SMILES string of the molecule is Cc1cccc(Oc2cc(CO)nc3ccccc23)c1C. The maximum Gasteiger partial charge on any atom is 0.138 e. The van der Waals surface area contributed by atoms with Gasteiger partial charge in [0.25, 0.3) is 0 Å². The zero-order valence-electron chi connectivity index (χ0n) is 12.1. The average Bonchev–Trinajstić information content (AvgIpc) is 2.51. The Morgan fingerprint density at radius 1 is 1.00 bits per heavy atom. The van der Waals surface area contributed by atoms with Gasteiger partial charge in [-0.15, -0.1) is 0 Å². The van der Waals surface area contributed by atoms with E-state index in [1.54, 1.807) is 6.07 Å². The van der Waals surface area contributed by atoms with E-state index in [9.17, 15) is 5.11 Å². The maximum atomic E-state index is 9.37. The number of ether oxygens (including phenoxy) is 1. The molecule has 3 nitrogen and oxygen atoms in total. The van der Waals surface area contributed by atoms with Crippen LogP contribution < -0.4 is 4.74 Å². The second-order valence-electron chi connectivity index (χ2n) is 5.09. The Balaban J connectivity index is 2.13. The fourth-order valence-electron chi connectivity index (χ4n) is 2.31. The van der Waals surface area contributed by atoms with E-state index in [0.717, 1.165) is 28.0 Å². The molecule has 0 aliphatic heterocycles. The van der Waals surface area contributed by atoms with Gasteiger partial charge in [0.15, 0.2) is 0 Å². The fraction of sp³-hybridized carbons (Fsp3) is 0.167. The molecule has 2 aromatic carbocycles. The molecule has 1 aromatic heterocycles. The number of aliphatic hydroxyl groups is 1. The van der Waals surface area contributed by atoms with E-state index < -0.39 is 0 Å². The molecule has 0 unspecified atom stereocenters. The van der Waals surface area contributed by atoms with E-state index in [2.05, 4.69) is 18.0 Å². The van der Waals surface area contributed by atoms with Gasteiger partial charge in [0.1, 0.15) is 11.5 Å². The fourth-order valence-corrected chi connectivity index (χ4v) is 2.31. The van der Waals surface area contributed by atoms with Crippen molar-refractivity contribution in [3.63, 3.8) is 0 Å². The highest BCUT2D eigenvalue weighted by Crippen LogP contribution is 2.32. The summed E-state index contributed by atoms with van der Waals surface area (Å²) in [5.41, 5.74) is 3.73. The number of hydrogen-bond acceptors (Lipinski definition) is 3. The third-order valence-corrected chi connectivity index (χ3v) is 3.67. The van der Waals surface area contributed by atoms with E-state index in [1.165, 1.54) is 5.56 Å². The number of aryl methyl sites for hydroxylation is 1. The first-order valence-electron chi connectivity index (χ1n) is 6.92. The Morgan fingerprint density at radius 3 is 2.62 bits per heavy atom. The molecule has 0 bridgehead atoms. The Hall–Kier alpha value is -2.39. The van der Waals surface area contributed by atoms with Gasteiger partial charge >= 0.3 is 0 Å². The Kier molecular flexibility index (Phi) is 3.59. The van der Waals surface area contributed by atoms with Crippen LogP contribution in [0.1, 0.15) is 16.8 Å². The number of fused-ring (bicyclic) bond motifs is 1. The standard InChI is InChI=1S/C18H17NO2/c1-12-6-5-9-17(13(12)2)21-18-10-14(11-20)19-16-8-4-3-7-15(16)18/h3-10,20H,11H2,1-2H3. The van der Waals surface area contributed by atoms with Crippen molar-refractivity contribution in [2.24, 2.45) is 0 Å². The molecule has 0 fully saturated rings. The van der Waals surface area contributed by atoms with Crippen LogP contribution in [0.15, 0.2) is 48.5 Å². The Bertz CT molecular complexity index is 796. The summed E-state index contributed by atoms with van der Waals surface area (Å²) in [6.07, 6.45) is 0. The first-order chi connectivity index (χ1) is 10.2. The molecule has 21 heavy (non-hydrogen) atoms. The average molecular weight is 279 g/mol. The zero-order valence-corrected chi connectivity index (χ0v) is 12.1. The summed E-state index contributed by atoms with van der Waals surface area (Å²) in [6.45, 7) is 4.00. The molecule has 3 heteroatoms. The number of hydrogen-bond donors (Lipinski definition) is 1. The predicted octanol–water partition coefficient (Wildman–Crippen LogP) is 4.14. The molecule has 0 spiro atoms. The van der Waals surface area contributed by atoms with Gasteiger partial charge in [0.2, 0.25) is 0 Å². The summed E-state index contributed by atoms with van der Waals surface area (Å²) in [4.78, 5) is 4.41. The summed E-state index contributed by atoms with van der Waals surface area (Å²) in [7, 11) is 0. The minimum absolute atomic E-state index is 0.103. The van der Waals surface area contributed by atoms with Crippen molar-refractivity contribution in [1.29, 1.82) is 0 Å². The van der Waals surface area contributed by atoms with Gasteiger partial charge in [-0.25, -0.2) is 0 Å². The summed E-state index contributed by atoms with van der Waals surface area (Å²) in [5, 5.41) is 10.3. The second kappa shape index (κ2) is 5.54. The molecule has 0 radical (unpaired) electrons. The minimum atomic E-state index is -0.103. The van der Waals surface area contributed by atoms with Crippen LogP contribution in [-0.2, 0) is 6.61 Å². The molecule has 0 aliphatic rings. The Morgan fingerprint density at radius 2 is 1.81 bits per heavy atom. The van der Waals surface area contributed by atoms with Crippen molar-refractivity contribution < 1.29 is 9.84 Å². The minimum Gasteiger partial charge on any atom is -0.456 e. The Labute approximate surface area is 123 Å². The summed E-state index contributed by atoms with van der Waals surface area (Å²) in [5.74, 6) is 1.55. The second-order valence-corrected chi connectivity index (χ2v) is 5.09. The van der Waals surface area contributed by atoms with Crippen molar-refractivity contribution >= 4 is 10.9 Å². The van der Waals surface area contributed by atoms with Gasteiger partial charge in [0.05, 0.1) is 17.8 Å². The highest BCUT2D eigenvalue weighted by Gasteiger charge is 2.09. The van der Waals surface area contributed by atoms with Crippen molar-refractivity contribution in [1.82, 2.24) is 4.98 Å². The molecule has 0 saturated carbocycles. The summed E-state index contributed by atoms with van der Waals surface area (Å²) >= 11 is 0. The normalized spacial score (nSPS) is 10.8. The molecule has 0 amide bonds. The molecule has 0 aliphatic carbocycles. The van der Waals surface area contributed by atoms with Gasteiger partial charge < -0.3 is 9.84 Å². The van der Waals surface area contributed by atoms with E-state index in [0.29, 0.717) is 5.69 Å². The topological polar surface area (TPSA) is 42.4 Å². The molecule has 106 valence electrons.